The van der Waals surface area contributed by atoms with Crippen molar-refractivity contribution in [2.45, 2.75) is 20.0 Å². The number of azo groups is 1. The average molecular weight is 430 g/mol. The summed E-state index contributed by atoms with van der Waals surface area (Å²) in [5.41, 5.74) is 9.93. The summed E-state index contributed by atoms with van der Waals surface area (Å²) in [6.07, 6.45) is 0. The monoisotopic (exact) mass is 429 g/mol. The molecule has 0 aliphatic heterocycles. The fraction of sp³-hybridized carbons (Fsp3) is 0.125. The number of benzene rings is 3. The van der Waals surface area contributed by atoms with E-state index in [1.165, 1.54) is 0 Å². The van der Waals surface area contributed by atoms with Crippen LogP contribution in [0, 0.1) is 6.92 Å². The number of thiocarbonyl (C=S) groups is 1. The van der Waals surface area contributed by atoms with E-state index >= 15 is 0 Å². The second kappa shape index (κ2) is 8.97. The Morgan fingerprint density at radius 1 is 0.935 bits per heavy atom. The van der Waals surface area contributed by atoms with Gasteiger partial charge >= 0.3 is 0 Å². The Balaban J connectivity index is 1.89. The summed E-state index contributed by atoms with van der Waals surface area (Å²) >= 11 is 4.84. The van der Waals surface area contributed by atoms with Crippen LogP contribution in [0.25, 0.3) is 10.9 Å². The second-order valence-electron chi connectivity index (χ2n) is 7.29. The molecule has 0 saturated carbocycles. The first-order chi connectivity index (χ1) is 15.0. The van der Waals surface area contributed by atoms with Crippen LogP contribution in [-0.2, 0) is 13.1 Å². The highest BCUT2D eigenvalue weighted by Crippen LogP contribution is 2.41. The molecule has 7 heteroatoms. The van der Waals surface area contributed by atoms with E-state index < -0.39 is 0 Å². The van der Waals surface area contributed by atoms with E-state index in [4.69, 9.17) is 18.0 Å². The minimum absolute atomic E-state index is 0.00355. The quantitative estimate of drug-likeness (QED) is 0.321. The molecular weight excluding hydrogens is 406 g/mol. The number of aryl methyl sites for hydroxylation is 1. The lowest BCUT2D eigenvalue weighted by molar-refractivity contribution is 0.408. The Kier molecular flexibility index (Phi) is 5.95. The van der Waals surface area contributed by atoms with Crippen LogP contribution < -0.4 is 10.7 Å². The molecule has 0 aliphatic carbocycles. The Morgan fingerprint density at radius 3 is 2.06 bits per heavy atom. The Labute approximate surface area is 186 Å². The van der Waals surface area contributed by atoms with E-state index in [9.17, 15) is 5.11 Å². The second-order valence-corrected chi connectivity index (χ2v) is 7.70. The number of rotatable bonds is 6. The number of aromatic hydroxyl groups is 1. The number of nitrogens with two attached hydrogens (primary N) is 1. The predicted octanol–water partition coefficient (Wildman–Crippen LogP) is 5.32. The van der Waals surface area contributed by atoms with E-state index in [-0.39, 0.29) is 11.0 Å². The molecule has 0 aliphatic rings. The standard InChI is InChI=1S/C24H23N5OS/c1-17-9-8-14-20-21(17)22(26-27-24(25)31)23(30)29(20)28(15-18-10-4-2-5-11-18)16-19-12-6-3-7-13-19/h2-14,30H,15-16H2,1H3,(H2,25,31). The van der Waals surface area contributed by atoms with E-state index in [1.807, 2.05) is 61.5 Å². The predicted molar refractivity (Wildman–Crippen MR) is 128 cm³/mol. The minimum atomic E-state index is -0.0840. The molecule has 0 radical (unpaired) electrons. The van der Waals surface area contributed by atoms with Crippen LogP contribution in [0.4, 0.5) is 5.69 Å². The summed E-state index contributed by atoms with van der Waals surface area (Å²) in [6.45, 7) is 3.16. The van der Waals surface area contributed by atoms with Crippen LogP contribution >= 0.6 is 12.2 Å². The van der Waals surface area contributed by atoms with Gasteiger partial charge in [0.25, 0.3) is 0 Å². The molecule has 1 heterocycles. The SMILES string of the molecule is Cc1cccc2c1c(N=NC(N)=S)c(O)n2N(Cc1ccccc1)Cc1ccccc1. The number of hydrogen-bond donors (Lipinski definition) is 2. The van der Waals surface area contributed by atoms with Gasteiger partial charge in [0, 0.05) is 5.39 Å². The van der Waals surface area contributed by atoms with Crippen molar-refractivity contribution in [3.05, 3.63) is 95.6 Å². The topological polar surface area (TPSA) is 79.1 Å². The van der Waals surface area contributed by atoms with Gasteiger partial charge in [0.2, 0.25) is 11.0 Å². The maximum Gasteiger partial charge on any atom is 0.239 e. The van der Waals surface area contributed by atoms with Gasteiger partial charge in [0.05, 0.1) is 18.6 Å². The van der Waals surface area contributed by atoms with Gasteiger partial charge in [0.1, 0.15) is 0 Å². The molecule has 0 amide bonds. The van der Waals surface area contributed by atoms with Gasteiger partial charge in [-0.1, -0.05) is 72.8 Å². The zero-order chi connectivity index (χ0) is 21.8. The smallest absolute Gasteiger partial charge is 0.239 e. The maximum absolute atomic E-state index is 11.3. The molecule has 31 heavy (non-hydrogen) atoms. The molecular formula is C24H23N5OS. The first-order valence-corrected chi connectivity index (χ1v) is 10.3. The molecule has 0 unspecified atom stereocenters. The van der Waals surface area contributed by atoms with Crippen molar-refractivity contribution in [1.29, 1.82) is 0 Å². The van der Waals surface area contributed by atoms with Crippen molar-refractivity contribution >= 4 is 33.9 Å². The van der Waals surface area contributed by atoms with Gasteiger partial charge < -0.3 is 15.8 Å². The number of aromatic nitrogens is 1. The summed E-state index contributed by atoms with van der Waals surface area (Å²) in [7, 11) is 0. The molecule has 1 aromatic heterocycles. The molecule has 4 rings (SSSR count). The minimum Gasteiger partial charge on any atom is -0.492 e. The fourth-order valence-corrected chi connectivity index (χ4v) is 3.77. The molecule has 4 aromatic rings. The van der Waals surface area contributed by atoms with Crippen molar-refractivity contribution in [3.8, 4) is 5.88 Å². The number of nitrogens with zero attached hydrogens (tertiary/aromatic N) is 4. The highest BCUT2D eigenvalue weighted by Gasteiger charge is 2.22. The van der Waals surface area contributed by atoms with Crippen molar-refractivity contribution in [2.75, 3.05) is 5.01 Å². The number of fused-ring (bicyclic) bond motifs is 1. The molecule has 3 aromatic carbocycles. The third-order valence-electron chi connectivity index (χ3n) is 5.08. The summed E-state index contributed by atoms with van der Waals surface area (Å²) in [5, 5.41) is 22.1. The normalized spacial score (nSPS) is 11.3. The lowest BCUT2D eigenvalue weighted by Gasteiger charge is -2.28. The highest BCUT2D eigenvalue weighted by molar-refractivity contribution is 7.80. The molecule has 3 N–H and O–H groups in total. The molecule has 156 valence electrons. The Hall–Kier alpha value is -3.71. The molecule has 6 nitrogen and oxygen atoms in total. The van der Waals surface area contributed by atoms with E-state index in [2.05, 4.69) is 39.5 Å². The van der Waals surface area contributed by atoms with Crippen molar-refractivity contribution in [2.24, 2.45) is 16.0 Å². The van der Waals surface area contributed by atoms with Gasteiger partial charge in [-0.3, -0.25) is 0 Å². The summed E-state index contributed by atoms with van der Waals surface area (Å²) in [6, 6.07) is 26.2. The highest BCUT2D eigenvalue weighted by atomic mass is 32.1. The summed E-state index contributed by atoms with van der Waals surface area (Å²) in [5.74, 6) is -0.00355. The fourth-order valence-electron chi connectivity index (χ4n) is 3.73. The number of hydrogen-bond acceptors (Lipinski definition) is 4. The van der Waals surface area contributed by atoms with Gasteiger partial charge in [-0.25, -0.2) is 4.68 Å². The lowest BCUT2D eigenvalue weighted by atomic mass is 10.1. The Morgan fingerprint density at radius 2 is 1.52 bits per heavy atom. The first kappa shape index (κ1) is 20.6. The molecule has 0 spiro atoms. The third kappa shape index (κ3) is 4.41. The van der Waals surface area contributed by atoms with E-state index in [0.717, 1.165) is 27.6 Å². The van der Waals surface area contributed by atoms with Gasteiger partial charge in [-0.05, 0) is 41.9 Å². The van der Waals surface area contributed by atoms with Crippen LogP contribution in [0.1, 0.15) is 16.7 Å². The maximum atomic E-state index is 11.3. The largest absolute Gasteiger partial charge is 0.492 e. The van der Waals surface area contributed by atoms with Crippen molar-refractivity contribution in [3.63, 3.8) is 0 Å². The molecule has 0 saturated heterocycles. The van der Waals surface area contributed by atoms with Gasteiger partial charge in [-0.15, -0.1) is 10.2 Å². The van der Waals surface area contributed by atoms with Crippen molar-refractivity contribution < 1.29 is 5.11 Å². The molecule has 0 bridgehead atoms. The van der Waals surface area contributed by atoms with Crippen LogP contribution in [0.5, 0.6) is 5.88 Å². The van der Waals surface area contributed by atoms with Gasteiger partial charge in [0.15, 0.2) is 5.69 Å². The third-order valence-corrected chi connectivity index (χ3v) is 5.16. The van der Waals surface area contributed by atoms with Crippen LogP contribution in [-0.4, -0.2) is 14.9 Å². The van der Waals surface area contributed by atoms with E-state index in [0.29, 0.717) is 18.8 Å². The van der Waals surface area contributed by atoms with Crippen LogP contribution in [0.2, 0.25) is 0 Å². The summed E-state index contributed by atoms with van der Waals surface area (Å²) < 4.78 is 1.80. The lowest BCUT2D eigenvalue weighted by Crippen LogP contribution is -2.33. The average Bonchev–Trinajstić information content (AvgIpc) is 3.05. The molecule has 0 atom stereocenters. The van der Waals surface area contributed by atoms with Crippen LogP contribution in [0.3, 0.4) is 0 Å². The zero-order valence-electron chi connectivity index (χ0n) is 17.1. The van der Waals surface area contributed by atoms with Crippen LogP contribution in [0.15, 0.2) is 89.1 Å². The van der Waals surface area contributed by atoms with Gasteiger partial charge in [-0.2, -0.15) is 0 Å². The first-order valence-electron chi connectivity index (χ1n) is 9.92. The van der Waals surface area contributed by atoms with E-state index in [1.54, 1.807) is 4.68 Å². The van der Waals surface area contributed by atoms with Crippen molar-refractivity contribution in [1.82, 2.24) is 4.68 Å². The Bertz CT molecular complexity index is 1190. The molecule has 0 fully saturated rings. The summed E-state index contributed by atoms with van der Waals surface area (Å²) in [4.78, 5) is 0. The zero-order valence-corrected chi connectivity index (χ0v) is 18.0.